The number of likely N-dealkylation sites (tertiary alicyclic amines) is 1. The first kappa shape index (κ1) is 17.0. The summed E-state index contributed by atoms with van der Waals surface area (Å²) in [6.45, 7) is 2.35. The molecule has 4 nitrogen and oxygen atoms in total. The third kappa shape index (κ3) is 4.83. The molecule has 1 aromatic carbocycles. The summed E-state index contributed by atoms with van der Waals surface area (Å²) in [7, 11) is 0. The van der Waals surface area contributed by atoms with Crippen molar-refractivity contribution in [3.63, 3.8) is 0 Å². The smallest absolute Gasteiger partial charge is 0.223 e. The number of nitrogens with one attached hydrogen (secondary N) is 1. The number of nitrogens with zero attached hydrogens (tertiary/aromatic N) is 1. The van der Waals surface area contributed by atoms with E-state index < -0.39 is 0 Å². The van der Waals surface area contributed by atoms with Gasteiger partial charge >= 0.3 is 0 Å². The van der Waals surface area contributed by atoms with Crippen molar-refractivity contribution in [3.05, 3.63) is 35.9 Å². The molecule has 0 bridgehead atoms. The molecule has 1 heterocycles. The van der Waals surface area contributed by atoms with Crippen LogP contribution in [0.25, 0.3) is 0 Å². The van der Waals surface area contributed by atoms with Gasteiger partial charge in [0.1, 0.15) is 0 Å². The summed E-state index contributed by atoms with van der Waals surface area (Å²) >= 11 is 0. The summed E-state index contributed by atoms with van der Waals surface area (Å²) in [5.74, 6) is 1.23. The molecule has 0 spiro atoms. The molecule has 2 amide bonds. The molecule has 1 aromatic rings. The van der Waals surface area contributed by atoms with Crippen molar-refractivity contribution in [2.45, 2.75) is 50.9 Å². The second-order valence-corrected chi connectivity index (χ2v) is 7.09. The van der Waals surface area contributed by atoms with Crippen molar-refractivity contribution in [1.29, 1.82) is 0 Å². The minimum absolute atomic E-state index is 0.169. The fourth-order valence-corrected chi connectivity index (χ4v) is 3.50. The van der Waals surface area contributed by atoms with Gasteiger partial charge in [-0.15, -0.1) is 0 Å². The quantitative estimate of drug-likeness (QED) is 0.816. The van der Waals surface area contributed by atoms with Crippen LogP contribution in [0.2, 0.25) is 0 Å². The van der Waals surface area contributed by atoms with Crippen molar-refractivity contribution in [2.24, 2.45) is 5.92 Å². The number of hydrogen-bond acceptors (Lipinski definition) is 2. The lowest BCUT2D eigenvalue weighted by atomic mass is 9.92. The van der Waals surface area contributed by atoms with Gasteiger partial charge in [0.2, 0.25) is 11.8 Å². The first-order chi connectivity index (χ1) is 11.7. The van der Waals surface area contributed by atoms with E-state index >= 15 is 0 Å². The minimum atomic E-state index is 0.169. The number of carbonyl (C=O) groups is 2. The predicted octanol–water partition coefficient (Wildman–Crippen LogP) is 3.09. The second kappa shape index (κ2) is 8.32. The van der Waals surface area contributed by atoms with Gasteiger partial charge in [-0.3, -0.25) is 9.59 Å². The first-order valence-corrected chi connectivity index (χ1v) is 9.34. The van der Waals surface area contributed by atoms with E-state index in [1.54, 1.807) is 0 Å². The van der Waals surface area contributed by atoms with Crippen LogP contribution in [0.4, 0.5) is 0 Å². The van der Waals surface area contributed by atoms with E-state index in [0.29, 0.717) is 18.9 Å². The van der Waals surface area contributed by atoms with Gasteiger partial charge in [-0.2, -0.15) is 0 Å². The van der Waals surface area contributed by atoms with Gasteiger partial charge in [-0.05, 0) is 50.0 Å². The van der Waals surface area contributed by atoms with Crippen LogP contribution in [0.1, 0.15) is 56.4 Å². The van der Waals surface area contributed by atoms with Gasteiger partial charge < -0.3 is 10.2 Å². The van der Waals surface area contributed by atoms with Crippen molar-refractivity contribution in [2.75, 3.05) is 19.6 Å². The Labute approximate surface area is 144 Å². The third-order valence-corrected chi connectivity index (χ3v) is 5.17. The number of benzene rings is 1. The monoisotopic (exact) mass is 328 g/mol. The number of carbonyl (C=O) groups excluding carboxylic acids is 2. The zero-order valence-electron chi connectivity index (χ0n) is 14.4. The van der Waals surface area contributed by atoms with Crippen LogP contribution in [0, 0.1) is 5.92 Å². The Bertz CT molecular complexity index is 554. The van der Waals surface area contributed by atoms with Gasteiger partial charge in [-0.1, -0.05) is 30.3 Å². The molecule has 130 valence electrons. The first-order valence-electron chi connectivity index (χ1n) is 9.34. The molecule has 1 atom stereocenters. The van der Waals surface area contributed by atoms with Crippen LogP contribution < -0.4 is 5.32 Å². The van der Waals surface area contributed by atoms with Crippen molar-refractivity contribution >= 4 is 11.8 Å². The number of rotatable bonds is 6. The van der Waals surface area contributed by atoms with E-state index in [-0.39, 0.29) is 17.7 Å². The number of amides is 2. The van der Waals surface area contributed by atoms with E-state index in [4.69, 9.17) is 0 Å². The fraction of sp³-hybridized carbons (Fsp3) is 0.600. The van der Waals surface area contributed by atoms with Gasteiger partial charge in [0.15, 0.2) is 0 Å². The van der Waals surface area contributed by atoms with Gasteiger partial charge in [0, 0.05) is 32.0 Å². The van der Waals surface area contributed by atoms with E-state index in [9.17, 15) is 9.59 Å². The Balaban J connectivity index is 1.38. The summed E-state index contributed by atoms with van der Waals surface area (Å²) in [5, 5.41) is 2.93. The molecule has 3 rings (SSSR count). The van der Waals surface area contributed by atoms with Crippen LogP contribution in [0.5, 0.6) is 0 Å². The summed E-state index contributed by atoms with van der Waals surface area (Å²) in [5.41, 5.74) is 1.40. The normalized spacial score (nSPS) is 21.2. The van der Waals surface area contributed by atoms with Crippen molar-refractivity contribution in [1.82, 2.24) is 10.2 Å². The van der Waals surface area contributed by atoms with Crippen LogP contribution in [0.3, 0.4) is 0 Å². The summed E-state index contributed by atoms with van der Waals surface area (Å²) < 4.78 is 0. The fourth-order valence-electron chi connectivity index (χ4n) is 3.50. The van der Waals surface area contributed by atoms with E-state index in [0.717, 1.165) is 51.6 Å². The van der Waals surface area contributed by atoms with Crippen LogP contribution >= 0.6 is 0 Å². The van der Waals surface area contributed by atoms with Gasteiger partial charge in [-0.25, -0.2) is 0 Å². The van der Waals surface area contributed by atoms with Gasteiger partial charge in [0.25, 0.3) is 0 Å². The maximum absolute atomic E-state index is 12.4. The molecule has 2 aliphatic rings. The Morgan fingerprint density at radius 1 is 1.04 bits per heavy atom. The molecule has 1 N–H and O–H groups in total. The molecule has 1 aliphatic carbocycles. The van der Waals surface area contributed by atoms with Crippen molar-refractivity contribution < 1.29 is 9.59 Å². The van der Waals surface area contributed by atoms with Crippen molar-refractivity contribution in [3.8, 4) is 0 Å². The van der Waals surface area contributed by atoms with Crippen LogP contribution in [-0.4, -0.2) is 36.3 Å². The SMILES string of the molecule is O=C(NCCCC(=O)N1CCC[C@H](c2ccccc2)CC1)C1CC1. The molecule has 2 fully saturated rings. The molecular formula is C20H28N2O2. The Hall–Kier alpha value is -1.84. The highest BCUT2D eigenvalue weighted by Crippen LogP contribution is 2.29. The lowest BCUT2D eigenvalue weighted by Gasteiger charge is -2.21. The average Bonchev–Trinajstić information content (AvgIpc) is 3.45. The molecule has 0 radical (unpaired) electrons. The standard InChI is InChI=1S/C20H28N2O2/c23-19(9-4-13-21-20(24)18-10-11-18)22-14-5-8-17(12-15-22)16-6-2-1-3-7-16/h1-3,6-7,17-18H,4-5,8-15H2,(H,21,24)/t17-/m0/s1. The molecule has 1 saturated carbocycles. The molecule has 1 saturated heterocycles. The van der Waals surface area contributed by atoms with E-state index in [1.165, 1.54) is 5.56 Å². The maximum atomic E-state index is 12.4. The summed E-state index contributed by atoms with van der Waals surface area (Å²) in [6.07, 6.45) is 6.63. The molecule has 0 unspecified atom stereocenters. The molecule has 1 aliphatic heterocycles. The van der Waals surface area contributed by atoms with E-state index in [2.05, 4.69) is 35.6 Å². The largest absolute Gasteiger partial charge is 0.356 e. The average molecular weight is 328 g/mol. The topological polar surface area (TPSA) is 49.4 Å². The Kier molecular flexibility index (Phi) is 5.89. The Morgan fingerprint density at radius 2 is 1.83 bits per heavy atom. The Morgan fingerprint density at radius 3 is 2.58 bits per heavy atom. The highest BCUT2D eigenvalue weighted by atomic mass is 16.2. The second-order valence-electron chi connectivity index (χ2n) is 7.09. The van der Waals surface area contributed by atoms with Crippen LogP contribution in [0.15, 0.2) is 30.3 Å². The highest BCUT2D eigenvalue weighted by molar-refractivity contribution is 5.81. The summed E-state index contributed by atoms with van der Waals surface area (Å²) in [6, 6.07) is 10.6. The predicted molar refractivity (Wildman–Crippen MR) is 94.6 cm³/mol. The third-order valence-electron chi connectivity index (χ3n) is 5.17. The highest BCUT2D eigenvalue weighted by Gasteiger charge is 2.29. The molecule has 0 aromatic heterocycles. The molecular weight excluding hydrogens is 300 g/mol. The maximum Gasteiger partial charge on any atom is 0.223 e. The van der Waals surface area contributed by atoms with Crippen LogP contribution in [-0.2, 0) is 9.59 Å². The molecule has 4 heteroatoms. The number of hydrogen-bond donors (Lipinski definition) is 1. The molecule has 24 heavy (non-hydrogen) atoms. The zero-order valence-corrected chi connectivity index (χ0v) is 14.4. The lowest BCUT2D eigenvalue weighted by molar-refractivity contribution is -0.131. The van der Waals surface area contributed by atoms with E-state index in [1.807, 2.05) is 4.90 Å². The minimum Gasteiger partial charge on any atom is -0.356 e. The lowest BCUT2D eigenvalue weighted by Crippen LogP contribution is -2.33. The summed E-state index contributed by atoms with van der Waals surface area (Å²) in [4.78, 5) is 26.0. The zero-order chi connectivity index (χ0) is 16.8. The van der Waals surface area contributed by atoms with Gasteiger partial charge in [0.05, 0.1) is 0 Å².